The van der Waals surface area contributed by atoms with Gasteiger partial charge in [-0.2, -0.15) is 0 Å². The molecule has 19 nitrogen and oxygen atoms in total. The molecule has 0 aromatic heterocycles. The number of amides is 1. The molecule has 3 aliphatic heterocycles. The summed E-state index contributed by atoms with van der Waals surface area (Å²) in [6.07, 6.45) is 2.76. The zero-order valence-corrected chi connectivity index (χ0v) is 38.6. The van der Waals surface area contributed by atoms with Crippen molar-refractivity contribution in [2.24, 2.45) is 0 Å². The Kier molecular flexibility index (Phi) is 28.6. The Labute approximate surface area is 389 Å². The highest BCUT2D eigenvalue weighted by atomic mass is 16.8. The maximum atomic E-state index is 13.1. The largest absolute Gasteiger partial charge is 0.394 e. The van der Waals surface area contributed by atoms with E-state index in [-0.39, 0.29) is 18.9 Å². The highest BCUT2D eigenvalue weighted by Gasteiger charge is 2.53. The Balaban J connectivity index is 1.59. The lowest BCUT2D eigenvalue weighted by molar-refractivity contribution is -0.379. The van der Waals surface area contributed by atoms with Crippen LogP contribution < -0.4 is 5.32 Å². The van der Waals surface area contributed by atoms with Gasteiger partial charge in [0.15, 0.2) is 18.9 Å². The highest BCUT2D eigenvalue weighted by Crippen LogP contribution is 2.33. The van der Waals surface area contributed by atoms with Crippen molar-refractivity contribution in [2.75, 3.05) is 26.4 Å². The number of allylic oxidation sites excluding steroid dienone is 8. The van der Waals surface area contributed by atoms with E-state index >= 15 is 0 Å². The number of ether oxygens (including phenoxy) is 6. The van der Waals surface area contributed by atoms with Gasteiger partial charge in [-0.1, -0.05) is 114 Å². The molecule has 0 saturated carbocycles. The molecule has 17 atom stereocenters. The van der Waals surface area contributed by atoms with Crippen LogP contribution in [0.25, 0.3) is 0 Å². The first kappa shape index (κ1) is 58.1. The predicted molar refractivity (Wildman–Crippen MR) is 240 cm³/mol. The Morgan fingerprint density at radius 1 is 0.561 bits per heavy atom. The molecule has 3 rings (SSSR count). The molecule has 17 unspecified atom stereocenters. The van der Waals surface area contributed by atoms with E-state index in [0.29, 0.717) is 19.3 Å². The smallest absolute Gasteiger partial charge is 0.220 e. The molecule has 19 heteroatoms. The molecule has 3 heterocycles. The third-order valence-corrected chi connectivity index (χ3v) is 11.9. The van der Waals surface area contributed by atoms with E-state index in [0.717, 1.165) is 57.8 Å². The molecule has 382 valence electrons. The summed E-state index contributed by atoms with van der Waals surface area (Å²) >= 11 is 0. The number of aliphatic hydroxyl groups is 11. The first-order chi connectivity index (χ1) is 31.8. The summed E-state index contributed by atoms with van der Waals surface area (Å²) in [6.45, 7) is 1.51. The number of aliphatic hydroxyl groups excluding tert-OH is 11. The number of rotatable bonds is 31. The molecule has 0 spiro atoms. The number of unbranched alkanes of at least 4 members (excludes halogenated alkanes) is 7. The van der Waals surface area contributed by atoms with Crippen LogP contribution in [-0.2, 0) is 33.2 Å². The molecule has 0 aliphatic carbocycles. The Morgan fingerprint density at radius 2 is 1.02 bits per heavy atom. The minimum Gasteiger partial charge on any atom is -0.394 e. The molecule has 3 fully saturated rings. The third kappa shape index (κ3) is 18.9. The van der Waals surface area contributed by atoms with Gasteiger partial charge < -0.3 is 89.9 Å². The van der Waals surface area contributed by atoms with E-state index in [2.05, 4.69) is 55.6 Å². The van der Waals surface area contributed by atoms with E-state index in [1.54, 1.807) is 0 Å². The number of hydrogen-bond acceptors (Lipinski definition) is 18. The Bertz CT molecular complexity index is 1410. The third-order valence-electron chi connectivity index (χ3n) is 11.9. The molecule has 3 saturated heterocycles. The van der Waals surface area contributed by atoms with Gasteiger partial charge in [-0.25, -0.2) is 0 Å². The van der Waals surface area contributed by atoms with E-state index in [1.165, 1.54) is 12.8 Å². The van der Waals surface area contributed by atoms with Crippen molar-refractivity contribution < 1.29 is 89.4 Å². The topological polar surface area (TPSA) is 307 Å². The predicted octanol–water partition coefficient (Wildman–Crippen LogP) is 0.413. The molecule has 0 bridgehead atoms. The summed E-state index contributed by atoms with van der Waals surface area (Å²) in [5.41, 5.74) is 0. The van der Waals surface area contributed by atoms with Gasteiger partial charge in [0, 0.05) is 6.42 Å². The zero-order chi connectivity index (χ0) is 48.4. The van der Waals surface area contributed by atoms with Crippen LogP contribution in [0.15, 0.2) is 48.6 Å². The summed E-state index contributed by atoms with van der Waals surface area (Å²) in [5, 5.41) is 119. The minimum absolute atomic E-state index is 0.142. The van der Waals surface area contributed by atoms with Crippen LogP contribution in [0.4, 0.5) is 0 Å². The van der Waals surface area contributed by atoms with E-state index < -0.39 is 124 Å². The maximum absolute atomic E-state index is 13.1. The van der Waals surface area contributed by atoms with Crippen molar-refractivity contribution in [1.82, 2.24) is 5.32 Å². The Morgan fingerprint density at radius 3 is 1.55 bits per heavy atom. The first-order valence-electron chi connectivity index (χ1n) is 23.9. The van der Waals surface area contributed by atoms with Crippen LogP contribution in [-0.4, -0.2) is 193 Å². The van der Waals surface area contributed by atoms with Gasteiger partial charge >= 0.3 is 0 Å². The Hall–Kier alpha value is -2.25. The molecule has 0 aromatic carbocycles. The van der Waals surface area contributed by atoms with Crippen LogP contribution in [0.1, 0.15) is 110 Å². The second-order valence-electron chi connectivity index (χ2n) is 17.2. The summed E-state index contributed by atoms with van der Waals surface area (Å²) in [6, 6.07) is -0.921. The van der Waals surface area contributed by atoms with Gasteiger partial charge in [-0.05, 0) is 38.5 Å². The number of carbonyl (C=O) groups excluding carboxylic acids is 1. The number of hydrogen-bond donors (Lipinski definition) is 12. The normalized spacial score (nSPS) is 34.2. The van der Waals surface area contributed by atoms with Gasteiger partial charge in [0.25, 0.3) is 0 Å². The van der Waals surface area contributed by atoms with Crippen LogP contribution in [0.5, 0.6) is 0 Å². The van der Waals surface area contributed by atoms with E-state index in [1.807, 2.05) is 12.2 Å². The fourth-order valence-electron chi connectivity index (χ4n) is 7.91. The van der Waals surface area contributed by atoms with Crippen molar-refractivity contribution in [3.63, 3.8) is 0 Å². The standard InChI is InChI=1S/C47H81NO18/c1-3-5-7-9-11-13-14-15-16-17-19-21-23-25-35(53)48-30(31(52)24-22-20-18-12-10-8-6-4-2)29-61-45-41(59)38(56)43(33(27-50)63-45)66-47-42(60)39(57)44(34(28-51)64-47)65-46-40(58)37(55)36(54)32(26-49)62-46/h5,7,11,13,15-16,19,21,30-34,36-47,49-52,54-60H,3-4,6,8-10,12,14,17-18,20,22-29H2,1-2H3,(H,48,53)/b7-5-,13-11-,16-15-,21-19-. The van der Waals surface area contributed by atoms with Crippen molar-refractivity contribution in [2.45, 2.75) is 214 Å². The number of carbonyl (C=O) groups is 1. The highest BCUT2D eigenvalue weighted by molar-refractivity contribution is 5.76. The molecule has 0 aromatic rings. The van der Waals surface area contributed by atoms with Gasteiger partial charge in [0.2, 0.25) is 5.91 Å². The van der Waals surface area contributed by atoms with Crippen molar-refractivity contribution in [3.8, 4) is 0 Å². The quantitative estimate of drug-likeness (QED) is 0.0331. The summed E-state index contributed by atoms with van der Waals surface area (Å²) in [4.78, 5) is 13.1. The second kappa shape index (κ2) is 32.5. The second-order valence-corrected chi connectivity index (χ2v) is 17.2. The lowest BCUT2D eigenvalue weighted by Gasteiger charge is -2.48. The molecule has 12 N–H and O–H groups in total. The number of nitrogens with one attached hydrogen (secondary N) is 1. The summed E-state index contributed by atoms with van der Waals surface area (Å²) in [7, 11) is 0. The summed E-state index contributed by atoms with van der Waals surface area (Å²) in [5.74, 6) is -0.330. The average molecular weight is 948 g/mol. The maximum Gasteiger partial charge on any atom is 0.220 e. The molecule has 3 aliphatic rings. The fourth-order valence-corrected chi connectivity index (χ4v) is 7.91. The van der Waals surface area contributed by atoms with Crippen molar-refractivity contribution in [1.29, 1.82) is 0 Å². The summed E-state index contributed by atoms with van der Waals surface area (Å²) < 4.78 is 34.0. The molecular weight excluding hydrogens is 867 g/mol. The van der Waals surface area contributed by atoms with E-state index in [4.69, 9.17) is 28.4 Å². The van der Waals surface area contributed by atoms with Crippen molar-refractivity contribution >= 4 is 5.91 Å². The monoisotopic (exact) mass is 948 g/mol. The van der Waals surface area contributed by atoms with Crippen LogP contribution in [0.2, 0.25) is 0 Å². The molecule has 0 radical (unpaired) electrons. The molecule has 66 heavy (non-hydrogen) atoms. The van der Waals surface area contributed by atoms with Gasteiger partial charge in [0.1, 0.15) is 73.2 Å². The van der Waals surface area contributed by atoms with Crippen LogP contribution >= 0.6 is 0 Å². The average Bonchev–Trinajstić information content (AvgIpc) is 3.31. The van der Waals surface area contributed by atoms with Crippen LogP contribution in [0, 0.1) is 0 Å². The SMILES string of the molecule is CC/C=C\C/C=C\C/C=C\C/C=C\CCC(=O)NC(COC1OC(CO)C(OC2OC(CO)C(OC3OC(CO)C(O)C(O)C3O)C(O)C2O)C(O)C1O)C(O)CCCCCCCCCC. The van der Waals surface area contributed by atoms with Crippen LogP contribution in [0.3, 0.4) is 0 Å². The first-order valence-corrected chi connectivity index (χ1v) is 23.9. The van der Waals surface area contributed by atoms with Gasteiger partial charge in [0.05, 0.1) is 38.6 Å². The van der Waals surface area contributed by atoms with Crippen molar-refractivity contribution in [3.05, 3.63) is 48.6 Å². The fraction of sp³-hybridized carbons (Fsp3) is 0.809. The lowest BCUT2D eigenvalue weighted by atomic mass is 9.96. The van der Waals surface area contributed by atoms with Gasteiger partial charge in [-0.15, -0.1) is 0 Å². The molecular formula is C47H81NO18. The van der Waals surface area contributed by atoms with E-state index in [9.17, 15) is 61.0 Å². The minimum atomic E-state index is -1.98. The zero-order valence-electron chi connectivity index (χ0n) is 38.6. The molecule has 1 amide bonds. The van der Waals surface area contributed by atoms with Gasteiger partial charge in [-0.3, -0.25) is 4.79 Å². The lowest BCUT2D eigenvalue weighted by Crippen LogP contribution is -2.66.